The third-order valence-electron chi connectivity index (χ3n) is 5.50. The summed E-state index contributed by atoms with van der Waals surface area (Å²) >= 11 is 0. The monoisotopic (exact) mass is 466 g/mol. The second-order valence-electron chi connectivity index (χ2n) is 7.99. The molecule has 1 aromatic carbocycles. The summed E-state index contributed by atoms with van der Waals surface area (Å²) in [7, 11) is 0. The number of ether oxygens (including phenoxy) is 2. The number of carbonyl (C=O) groups is 2. The van der Waals surface area contributed by atoms with Crippen LogP contribution in [-0.4, -0.2) is 64.4 Å². The second kappa shape index (κ2) is 10.8. The average Bonchev–Trinajstić information content (AvgIpc) is 3.20. The largest absolute Gasteiger partial charge is 0.490 e. The molecule has 0 aliphatic carbocycles. The fraction of sp³-hybridized carbons (Fsp3) is 0.435. The number of piperidine rings is 1. The lowest BCUT2D eigenvalue weighted by atomic mass is 9.89. The van der Waals surface area contributed by atoms with Gasteiger partial charge in [-0.05, 0) is 42.7 Å². The predicted molar refractivity (Wildman–Crippen MR) is 111 cm³/mol. The zero-order valence-corrected chi connectivity index (χ0v) is 17.8. The summed E-state index contributed by atoms with van der Waals surface area (Å²) in [6.07, 6.45) is 1.35. The van der Waals surface area contributed by atoms with Gasteiger partial charge in [-0.1, -0.05) is 18.2 Å². The Balaban J connectivity index is 0.000000383. The molecule has 0 saturated carbocycles. The molecule has 2 aliphatic rings. The number of alkyl halides is 3. The van der Waals surface area contributed by atoms with Gasteiger partial charge in [0.15, 0.2) is 0 Å². The van der Waals surface area contributed by atoms with E-state index < -0.39 is 12.1 Å². The minimum atomic E-state index is -5.08. The van der Waals surface area contributed by atoms with Crippen molar-refractivity contribution in [2.45, 2.75) is 43.8 Å². The number of benzene rings is 1. The van der Waals surface area contributed by atoms with Crippen LogP contribution < -0.4 is 0 Å². The van der Waals surface area contributed by atoms with E-state index in [-0.39, 0.29) is 17.6 Å². The molecule has 7 nitrogen and oxygen atoms in total. The molecule has 178 valence electrons. The van der Waals surface area contributed by atoms with Gasteiger partial charge in [-0.25, -0.2) is 4.79 Å². The first-order valence-corrected chi connectivity index (χ1v) is 10.5. The molecule has 0 radical (unpaired) electrons. The van der Waals surface area contributed by atoms with Gasteiger partial charge in [-0.15, -0.1) is 0 Å². The van der Waals surface area contributed by atoms with Crippen LogP contribution in [0.3, 0.4) is 0 Å². The molecule has 1 spiro atoms. The maximum absolute atomic E-state index is 12.8. The molecule has 2 fully saturated rings. The van der Waals surface area contributed by atoms with Crippen LogP contribution in [0.2, 0.25) is 0 Å². The minimum Gasteiger partial charge on any atom is -0.475 e. The van der Waals surface area contributed by atoms with E-state index in [0.717, 1.165) is 36.9 Å². The zero-order chi connectivity index (χ0) is 23.9. The molecule has 2 saturated heterocycles. The normalized spacial score (nSPS) is 22.5. The van der Waals surface area contributed by atoms with E-state index in [1.54, 1.807) is 12.4 Å². The van der Waals surface area contributed by atoms with Crippen molar-refractivity contribution in [1.82, 2.24) is 9.88 Å². The first kappa shape index (κ1) is 24.7. The Bertz CT molecular complexity index is 927. The van der Waals surface area contributed by atoms with Crippen LogP contribution in [-0.2, 0) is 20.9 Å². The molecule has 3 heterocycles. The topological polar surface area (TPSA) is 89.0 Å². The summed E-state index contributed by atoms with van der Waals surface area (Å²) in [4.78, 5) is 27.6. The molecular formula is C23H25F3N2O5. The van der Waals surface area contributed by atoms with Crippen molar-refractivity contribution in [2.24, 2.45) is 0 Å². The molecule has 4 rings (SSSR count). The quantitative estimate of drug-likeness (QED) is 0.739. The summed E-state index contributed by atoms with van der Waals surface area (Å²) in [6.45, 7) is 2.61. The van der Waals surface area contributed by atoms with E-state index in [1.807, 2.05) is 47.4 Å². The highest BCUT2D eigenvalue weighted by molar-refractivity contribution is 5.94. The summed E-state index contributed by atoms with van der Waals surface area (Å²) in [5, 5.41) is 7.12. The number of rotatable bonds is 4. The van der Waals surface area contributed by atoms with E-state index in [1.165, 1.54) is 0 Å². The van der Waals surface area contributed by atoms with Gasteiger partial charge >= 0.3 is 12.1 Å². The van der Waals surface area contributed by atoms with Gasteiger partial charge in [0.1, 0.15) is 0 Å². The van der Waals surface area contributed by atoms with Gasteiger partial charge in [0.05, 0.1) is 31.5 Å². The molecule has 1 aromatic heterocycles. The number of likely N-dealkylation sites (tertiary alicyclic amines) is 1. The number of halogens is 3. The number of nitrogens with zero attached hydrogens (tertiary/aromatic N) is 2. The Hall–Kier alpha value is -2.98. The summed E-state index contributed by atoms with van der Waals surface area (Å²) in [5.41, 5.74) is 1.60. The maximum atomic E-state index is 12.8. The van der Waals surface area contributed by atoms with Gasteiger partial charge in [-0.2, -0.15) is 13.2 Å². The number of hydrogen-bond donors (Lipinski definition) is 1. The zero-order valence-electron chi connectivity index (χ0n) is 17.8. The Morgan fingerprint density at radius 1 is 1.18 bits per heavy atom. The minimum absolute atomic E-state index is 0.0787. The predicted octanol–water partition coefficient (Wildman–Crippen LogP) is 3.70. The standard InChI is InChI=1S/C21H24N2O3.C2HF3O2/c24-20(18-5-2-1-3-6-18)23-12-4-9-21(16-23)13-19(15-26-21)25-14-17-7-10-22-11-8-17;3-2(4,5)1(6)7/h1-3,5-8,10-11,19H,4,9,12-16H2;(H,6,7)/t19-,21-;/m0./s1. The molecule has 1 amide bonds. The van der Waals surface area contributed by atoms with Crippen LogP contribution in [0, 0.1) is 0 Å². The summed E-state index contributed by atoms with van der Waals surface area (Å²) in [5.74, 6) is -2.66. The van der Waals surface area contributed by atoms with Crippen molar-refractivity contribution in [3.05, 3.63) is 66.0 Å². The molecule has 0 bridgehead atoms. The van der Waals surface area contributed by atoms with Crippen molar-refractivity contribution in [2.75, 3.05) is 19.7 Å². The molecule has 0 unspecified atom stereocenters. The lowest BCUT2D eigenvalue weighted by Crippen LogP contribution is -2.50. The molecule has 2 aromatic rings. The van der Waals surface area contributed by atoms with Crippen molar-refractivity contribution in [1.29, 1.82) is 0 Å². The Morgan fingerprint density at radius 2 is 1.85 bits per heavy atom. The summed E-state index contributed by atoms with van der Waals surface area (Å²) in [6, 6.07) is 13.4. The van der Waals surface area contributed by atoms with Gasteiger partial charge in [0, 0.05) is 30.9 Å². The summed E-state index contributed by atoms with van der Waals surface area (Å²) < 4.78 is 43.9. The van der Waals surface area contributed by atoms with Crippen LogP contribution >= 0.6 is 0 Å². The maximum Gasteiger partial charge on any atom is 0.490 e. The fourth-order valence-electron chi connectivity index (χ4n) is 3.92. The van der Waals surface area contributed by atoms with Crippen molar-refractivity contribution >= 4 is 11.9 Å². The smallest absolute Gasteiger partial charge is 0.475 e. The highest BCUT2D eigenvalue weighted by atomic mass is 19.4. The van der Waals surface area contributed by atoms with Crippen LogP contribution in [0.25, 0.3) is 0 Å². The van der Waals surface area contributed by atoms with Crippen molar-refractivity contribution < 1.29 is 37.3 Å². The first-order valence-electron chi connectivity index (χ1n) is 10.5. The van der Waals surface area contributed by atoms with E-state index in [4.69, 9.17) is 19.4 Å². The number of aromatic nitrogens is 1. The molecular weight excluding hydrogens is 441 g/mol. The molecule has 2 atom stereocenters. The Morgan fingerprint density at radius 3 is 2.48 bits per heavy atom. The van der Waals surface area contributed by atoms with E-state index >= 15 is 0 Å². The molecule has 2 aliphatic heterocycles. The second-order valence-corrected chi connectivity index (χ2v) is 7.99. The van der Waals surface area contributed by atoms with Crippen molar-refractivity contribution in [3.63, 3.8) is 0 Å². The number of carboxylic acids is 1. The Kier molecular flexibility index (Phi) is 8.04. The highest BCUT2D eigenvalue weighted by Crippen LogP contribution is 2.36. The van der Waals surface area contributed by atoms with Crippen LogP contribution in [0.15, 0.2) is 54.9 Å². The first-order chi connectivity index (χ1) is 15.7. The number of hydrogen-bond acceptors (Lipinski definition) is 5. The highest BCUT2D eigenvalue weighted by Gasteiger charge is 2.45. The number of carbonyl (C=O) groups excluding carboxylic acids is 1. The van der Waals surface area contributed by atoms with Gasteiger partial charge < -0.3 is 19.5 Å². The van der Waals surface area contributed by atoms with Gasteiger partial charge in [0.2, 0.25) is 0 Å². The van der Waals surface area contributed by atoms with Crippen LogP contribution in [0.1, 0.15) is 35.2 Å². The number of carboxylic acid groups (broad SMARTS) is 1. The lowest BCUT2D eigenvalue weighted by Gasteiger charge is -2.39. The molecule has 1 N–H and O–H groups in total. The number of pyridine rings is 1. The van der Waals surface area contributed by atoms with Crippen molar-refractivity contribution in [3.8, 4) is 0 Å². The van der Waals surface area contributed by atoms with E-state index in [2.05, 4.69) is 4.98 Å². The number of amides is 1. The van der Waals surface area contributed by atoms with Gasteiger partial charge in [0.25, 0.3) is 5.91 Å². The van der Waals surface area contributed by atoms with E-state index in [0.29, 0.717) is 19.8 Å². The SMILES string of the molecule is O=C(O)C(F)(F)F.O=C(c1ccccc1)N1CCC[C@]2(C[C@H](OCc3ccncc3)CO2)C1. The third-order valence-corrected chi connectivity index (χ3v) is 5.50. The third kappa shape index (κ3) is 7.00. The lowest BCUT2D eigenvalue weighted by molar-refractivity contribution is -0.192. The van der Waals surface area contributed by atoms with Crippen LogP contribution in [0.5, 0.6) is 0 Å². The van der Waals surface area contributed by atoms with Gasteiger partial charge in [-0.3, -0.25) is 9.78 Å². The van der Waals surface area contributed by atoms with E-state index in [9.17, 15) is 18.0 Å². The fourth-order valence-corrected chi connectivity index (χ4v) is 3.92. The average molecular weight is 466 g/mol. The molecule has 10 heteroatoms. The number of aliphatic carboxylic acids is 1. The molecule has 33 heavy (non-hydrogen) atoms. The van der Waals surface area contributed by atoms with Crippen LogP contribution in [0.4, 0.5) is 13.2 Å². The Labute approximate surface area is 189 Å².